The van der Waals surface area contributed by atoms with Gasteiger partial charge in [-0.1, -0.05) is 5.16 Å². The molecule has 2 rings (SSSR count). The van der Waals surface area contributed by atoms with Crippen LogP contribution in [-0.2, 0) is 12.4 Å². The van der Waals surface area contributed by atoms with Crippen molar-refractivity contribution in [2.75, 3.05) is 5.32 Å². The molecule has 118 valence electrons. The van der Waals surface area contributed by atoms with Crippen LogP contribution in [0.2, 0.25) is 0 Å². The van der Waals surface area contributed by atoms with E-state index in [2.05, 4.69) is 14.7 Å². The van der Waals surface area contributed by atoms with E-state index >= 15 is 0 Å². The quantitative estimate of drug-likeness (QED) is 0.860. The zero-order valence-electron chi connectivity index (χ0n) is 10.3. The lowest BCUT2D eigenvalue weighted by Gasteiger charge is -2.08. The van der Waals surface area contributed by atoms with E-state index in [-0.39, 0.29) is 5.82 Å². The maximum Gasteiger partial charge on any atom is 0.453 e. The summed E-state index contributed by atoms with van der Waals surface area (Å²) < 4.78 is 78.4. The van der Waals surface area contributed by atoms with E-state index in [0.717, 1.165) is 6.07 Å². The molecule has 0 saturated carbocycles. The molecule has 2 heterocycles. The van der Waals surface area contributed by atoms with Gasteiger partial charge in [0.1, 0.15) is 11.4 Å². The van der Waals surface area contributed by atoms with Crippen molar-refractivity contribution in [3.05, 3.63) is 41.4 Å². The van der Waals surface area contributed by atoms with Gasteiger partial charge >= 0.3 is 12.4 Å². The van der Waals surface area contributed by atoms with Gasteiger partial charge in [-0.05, 0) is 12.1 Å². The van der Waals surface area contributed by atoms with E-state index in [1.54, 1.807) is 0 Å². The fourth-order valence-electron chi connectivity index (χ4n) is 1.42. The minimum Gasteiger partial charge on any atom is -0.351 e. The average molecular weight is 325 g/mol. The third-order valence-corrected chi connectivity index (χ3v) is 2.40. The molecule has 2 aromatic rings. The van der Waals surface area contributed by atoms with Crippen molar-refractivity contribution in [2.45, 2.75) is 12.4 Å². The summed E-state index contributed by atoms with van der Waals surface area (Å²) in [4.78, 5) is 15.0. The van der Waals surface area contributed by atoms with Crippen molar-refractivity contribution in [3.8, 4) is 0 Å². The molecule has 11 heteroatoms. The molecule has 1 N–H and O–H groups in total. The number of aromatic nitrogens is 2. The Hall–Kier alpha value is -2.59. The summed E-state index contributed by atoms with van der Waals surface area (Å²) in [6, 6.07) is 1.43. The van der Waals surface area contributed by atoms with Gasteiger partial charge < -0.3 is 9.84 Å². The van der Waals surface area contributed by atoms with Crippen LogP contribution < -0.4 is 5.32 Å². The fourth-order valence-corrected chi connectivity index (χ4v) is 1.42. The van der Waals surface area contributed by atoms with E-state index in [1.807, 2.05) is 5.32 Å². The molecule has 0 bridgehead atoms. The molecular weight excluding hydrogens is 320 g/mol. The average Bonchev–Trinajstić information content (AvgIpc) is 2.87. The van der Waals surface area contributed by atoms with E-state index in [0.29, 0.717) is 18.5 Å². The number of hydrogen-bond donors (Lipinski definition) is 1. The Morgan fingerprint density at radius 2 is 1.73 bits per heavy atom. The van der Waals surface area contributed by atoms with Gasteiger partial charge in [0.2, 0.25) is 0 Å². The molecular formula is C11H5F6N3O2. The Balaban J connectivity index is 2.18. The van der Waals surface area contributed by atoms with E-state index in [4.69, 9.17) is 0 Å². The van der Waals surface area contributed by atoms with Gasteiger partial charge in [-0.3, -0.25) is 4.79 Å². The van der Waals surface area contributed by atoms with Gasteiger partial charge in [-0.2, -0.15) is 26.3 Å². The maximum atomic E-state index is 12.5. The van der Waals surface area contributed by atoms with Gasteiger partial charge in [-0.25, -0.2) is 4.98 Å². The molecule has 0 aliphatic carbocycles. The standard InChI is InChI=1S/C11H5F6N3O2/c12-10(13,14)5-1-2-7(18-3-5)20-9(21)6-4-19-22-8(6)11(15,16)17/h1-4H,(H,18,20,21). The second kappa shape index (κ2) is 5.31. The van der Waals surface area contributed by atoms with E-state index in [1.165, 1.54) is 0 Å². The van der Waals surface area contributed by atoms with E-state index in [9.17, 15) is 31.1 Å². The number of halogens is 6. The van der Waals surface area contributed by atoms with Gasteiger partial charge in [0.25, 0.3) is 11.7 Å². The third kappa shape index (κ3) is 3.35. The Labute approximate surface area is 117 Å². The number of rotatable bonds is 2. The van der Waals surface area contributed by atoms with Crippen LogP contribution in [0, 0.1) is 0 Å². The van der Waals surface area contributed by atoms with Crippen molar-refractivity contribution in [1.82, 2.24) is 10.1 Å². The van der Waals surface area contributed by atoms with Crippen molar-refractivity contribution in [2.24, 2.45) is 0 Å². The molecule has 0 aromatic carbocycles. The van der Waals surface area contributed by atoms with Crippen LogP contribution in [0.3, 0.4) is 0 Å². The second-order valence-electron chi connectivity index (χ2n) is 3.95. The highest BCUT2D eigenvalue weighted by Gasteiger charge is 2.40. The molecule has 0 spiro atoms. The minimum absolute atomic E-state index is 0.354. The summed E-state index contributed by atoms with van der Waals surface area (Å²) in [6.07, 6.45) is -8.57. The number of hydrogen-bond acceptors (Lipinski definition) is 4. The summed E-state index contributed by atoms with van der Waals surface area (Å²) in [5.41, 5.74) is -1.97. The SMILES string of the molecule is O=C(Nc1ccc(C(F)(F)F)cn1)c1cnoc1C(F)(F)F. The zero-order chi connectivity index (χ0) is 16.5. The van der Waals surface area contributed by atoms with Crippen LogP contribution in [0.15, 0.2) is 29.0 Å². The molecule has 0 saturated heterocycles. The van der Waals surface area contributed by atoms with Gasteiger partial charge in [-0.15, -0.1) is 0 Å². The number of nitrogens with one attached hydrogen (secondary N) is 1. The number of alkyl halides is 6. The van der Waals surface area contributed by atoms with Crippen molar-refractivity contribution in [1.29, 1.82) is 0 Å². The first-order chi connectivity index (χ1) is 10.1. The molecule has 0 unspecified atom stereocenters. The lowest BCUT2D eigenvalue weighted by molar-refractivity contribution is -0.155. The topological polar surface area (TPSA) is 68.0 Å². The molecule has 0 fully saturated rings. The predicted octanol–water partition coefficient (Wildman–Crippen LogP) is 3.36. The summed E-state index contributed by atoms with van der Waals surface area (Å²) in [6.45, 7) is 0. The van der Waals surface area contributed by atoms with Crippen LogP contribution in [0.25, 0.3) is 0 Å². The predicted molar refractivity (Wildman–Crippen MR) is 58.7 cm³/mol. The van der Waals surface area contributed by atoms with Crippen molar-refractivity contribution >= 4 is 11.7 Å². The van der Waals surface area contributed by atoms with Crippen molar-refractivity contribution < 1.29 is 35.7 Å². The number of carbonyl (C=O) groups excluding carboxylic acids is 1. The summed E-state index contributed by atoms with van der Waals surface area (Å²) >= 11 is 0. The van der Waals surface area contributed by atoms with Crippen molar-refractivity contribution in [3.63, 3.8) is 0 Å². The lowest BCUT2D eigenvalue weighted by Crippen LogP contribution is -2.17. The molecule has 22 heavy (non-hydrogen) atoms. The normalized spacial score (nSPS) is 12.3. The maximum absolute atomic E-state index is 12.5. The van der Waals surface area contributed by atoms with Gasteiger partial charge in [0, 0.05) is 6.20 Å². The van der Waals surface area contributed by atoms with Crippen LogP contribution in [-0.4, -0.2) is 16.0 Å². The Morgan fingerprint density at radius 1 is 1.05 bits per heavy atom. The summed E-state index contributed by atoms with van der Waals surface area (Å²) in [5, 5.41) is 4.79. The number of nitrogens with zero attached hydrogens (tertiary/aromatic N) is 2. The second-order valence-corrected chi connectivity index (χ2v) is 3.95. The monoisotopic (exact) mass is 325 g/mol. The van der Waals surface area contributed by atoms with Gasteiger partial charge in [0.05, 0.1) is 11.8 Å². The summed E-state index contributed by atoms with van der Waals surface area (Å²) in [5.74, 6) is -3.23. The Kier molecular flexibility index (Phi) is 3.81. The van der Waals surface area contributed by atoms with Crippen LogP contribution in [0.5, 0.6) is 0 Å². The largest absolute Gasteiger partial charge is 0.453 e. The third-order valence-electron chi connectivity index (χ3n) is 2.40. The number of amides is 1. The molecule has 5 nitrogen and oxygen atoms in total. The zero-order valence-corrected chi connectivity index (χ0v) is 10.3. The first kappa shape index (κ1) is 15.8. The molecule has 0 radical (unpaired) electrons. The first-order valence-electron chi connectivity index (χ1n) is 5.45. The minimum atomic E-state index is -4.93. The molecule has 0 aliphatic heterocycles. The van der Waals surface area contributed by atoms with E-state index < -0.39 is 35.1 Å². The number of carbonyl (C=O) groups is 1. The van der Waals surface area contributed by atoms with Crippen LogP contribution in [0.1, 0.15) is 21.7 Å². The van der Waals surface area contributed by atoms with Gasteiger partial charge in [0.15, 0.2) is 0 Å². The fraction of sp³-hybridized carbons (Fsp3) is 0.182. The Bertz CT molecular complexity index is 674. The van der Waals surface area contributed by atoms with Crippen LogP contribution >= 0.6 is 0 Å². The number of anilines is 1. The molecule has 1 amide bonds. The molecule has 0 atom stereocenters. The first-order valence-corrected chi connectivity index (χ1v) is 5.45. The number of pyridine rings is 1. The highest BCUT2D eigenvalue weighted by molar-refractivity contribution is 6.04. The lowest BCUT2D eigenvalue weighted by atomic mass is 10.2. The highest BCUT2D eigenvalue weighted by Crippen LogP contribution is 2.32. The Morgan fingerprint density at radius 3 is 2.23 bits per heavy atom. The summed E-state index contributed by atoms with van der Waals surface area (Å²) in [7, 11) is 0. The smallest absolute Gasteiger partial charge is 0.351 e. The molecule has 2 aromatic heterocycles. The molecule has 0 aliphatic rings. The van der Waals surface area contributed by atoms with Crippen LogP contribution in [0.4, 0.5) is 32.2 Å². The highest BCUT2D eigenvalue weighted by atomic mass is 19.4.